The standard InChI is InChI=1S/C14H20ClNO/c1-10-4-3-7-16(11(10)2)9-12-8-13(15)5-6-14(12)17/h5-6,8,10-11,17H,3-4,7,9H2,1-2H3. The molecule has 0 spiro atoms. The summed E-state index contributed by atoms with van der Waals surface area (Å²) in [6.45, 7) is 6.47. The molecule has 0 aromatic heterocycles. The topological polar surface area (TPSA) is 23.5 Å². The van der Waals surface area contributed by atoms with Gasteiger partial charge in [-0.25, -0.2) is 0 Å². The summed E-state index contributed by atoms with van der Waals surface area (Å²) < 4.78 is 0. The predicted molar refractivity (Wildman–Crippen MR) is 71.4 cm³/mol. The van der Waals surface area contributed by atoms with Crippen LogP contribution in [0, 0.1) is 5.92 Å². The van der Waals surface area contributed by atoms with E-state index in [-0.39, 0.29) is 0 Å². The fourth-order valence-electron chi connectivity index (χ4n) is 2.54. The van der Waals surface area contributed by atoms with Gasteiger partial charge in [0.25, 0.3) is 0 Å². The van der Waals surface area contributed by atoms with Crippen LogP contribution in [0.2, 0.25) is 5.02 Å². The van der Waals surface area contributed by atoms with Gasteiger partial charge in [-0.3, -0.25) is 4.90 Å². The summed E-state index contributed by atoms with van der Waals surface area (Å²) in [6, 6.07) is 5.84. The highest BCUT2D eigenvalue weighted by Crippen LogP contribution is 2.28. The summed E-state index contributed by atoms with van der Waals surface area (Å²) in [5.74, 6) is 1.07. The molecule has 2 atom stereocenters. The molecule has 2 rings (SSSR count). The Hall–Kier alpha value is -0.730. The Kier molecular flexibility index (Phi) is 3.95. The van der Waals surface area contributed by atoms with Crippen molar-refractivity contribution in [2.24, 2.45) is 5.92 Å². The number of hydrogen-bond acceptors (Lipinski definition) is 2. The van der Waals surface area contributed by atoms with Gasteiger partial charge in [0.15, 0.2) is 0 Å². The van der Waals surface area contributed by atoms with Crippen molar-refractivity contribution >= 4 is 11.6 Å². The van der Waals surface area contributed by atoms with E-state index in [1.807, 2.05) is 6.07 Å². The van der Waals surface area contributed by atoms with Gasteiger partial charge in [-0.1, -0.05) is 18.5 Å². The lowest BCUT2D eigenvalue weighted by molar-refractivity contribution is 0.105. The molecule has 1 aromatic carbocycles. The first-order valence-corrected chi connectivity index (χ1v) is 6.67. The van der Waals surface area contributed by atoms with Crippen molar-refractivity contribution in [2.45, 2.75) is 39.3 Å². The first-order valence-electron chi connectivity index (χ1n) is 6.29. The summed E-state index contributed by atoms with van der Waals surface area (Å²) in [5, 5.41) is 10.5. The maximum absolute atomic E-state index is 9.83. The molecule has 17 heavy (non-hydrogen) atoms. The lowest BCUT2D eigenvalue weighted by Gasteiger charge is -2.38. The molecular weight excluding hydrogens is 234 g/mol. The molecule has 0 saturated carbocycles. The van der Waals surface area contributed by atoms with Crippen molar-refractivity contribution in [3.05, 3.63) is 28.8 Å². The number of halogens is 1. The van der Waals surface area contributed by atoms with Gasteiger partial charge in [0.2, 0.25) is 0 Å². The molecule has 3 heteroatoms. The Balaban J connectivity index is 2.11. The minimum atomic E-state index is 0.347. The molecule has 1 N–H and O–H groups in total. The second kappa shape index (κ2) is 5.28. The summed E-state index contributed by atoms with van der Waals surface area (Å²) in [5.41, 5.74) is 0.929. The van der Waals surface area contributed by atoms with Crippen LogP contribution in [-0.2, 0) is 6.54 Å². The third-order valence-electron chi connectivity index (χ3n) is 3.92. The first kappa shape index (κ1) is 12.7. The monoisotopic (exact) mass is 253 g/mol. The quantitative estimate of drug-likeness (QED) is 0.870. The highest BCUT2D eigenvalue weighted by molar-refractivity contribution is 6.30. The average Bonchev–Trinajstić information content (AvgIpc) is 2.30. The smallest absolute Gasteiger partial charge is 0.120 e. The molecule has 0 aliphatic carbocycles. The van der Waals surface area contributed by atoms with Crippen molar-refractivity contribution in [1.29, 1.82) is 0 Å². The van der Waals surface area contributed by atoms with E-state index in [0.717, 1.165) is 24.6 Å². The first-order chi connectivity index (χ1) is 8.08. The number of phenols is 1. The lowest BCUT2D eigenvalue weighted by Crippen LogP contribution is -2.41. The number of benzene rings is 1. The summed E-state index contributed by atoms with van der Waals surface area (Å²) >= 11 is 5.97. The van der Waals surface area contributed by atoms with Crippen molar-refractivity contribution in [3.8, 4) is 5.75 Å². The number of likely N-dealkylation sites (tertiary alicyclic amines) is 1. The van der Waals surface area contributed by atoms with Crippen molar-refractivity contribution in [2.75, 3.05) is 6.54 Å². The highest BCUT2D eigenvalue weighted by atomic mass is 35.5. The van der Waals surface area contributed by atoms with Crippen LogP contribution >= 0.6 is 11.6 Å². The van der Waals surface area contributed by atoms with E-state index in [1.165, 1.54) is 12.8 Å². The average molecular weight is 254 g/mol. The van der Waals surface area contributed by atoms with Crippen molar-refractivity contribution < 1.29 is 5.11 Å². The molecule has 1 heterocycles. The van der Waals surface area contributed by atoms with E-state index in [2.05, 4.69) is 18.7 Å². The molecule has 1 saturated heterocycles. The molecule has 1 aliphatic heterocycles. The van der Waals surface area contributed by atoms with Gasteiger partial charge in [-0.15, -0.1) is 0 Å². The molecule has 1 aliphatic rings. The summed E-state index contributed by atoms with van der Waals surface area (Å²) in [6.07, 6.45) is 2.55. The van der Waals surface area contributed by atoms with E-state index < -0.39 is 0 Å². The number of aromatic hydroxyl groups is 1. The number of hydrogen-bond donors (Lipinski definition) is 1. The minimum absolute atomic E-state index is 0.347. The highest BCUT2D eigenvalue weighted by Gasteiger charge is 2.25. The van der Waals surface area contributed by atoms with Crippen LogP contribution in [0.1, 0.15) is 32.3 Å². The fraction of sp³-hybridized carbons (Fsp3) is 0.571. The molecular formula is C14H20ClNO. The van der Waals surface area contributed by atoms with Gasteiger partial charge in [0, 0.05) is 23.2 Å². The SMILES string of the molecule is CC1CCCN(Cc2cc(Cl)ccc2O)C1C. The largest absolute Gasteiger partial charge is 0.508 e. The molecule has 1 aromatic rings. The van der Waals surface area contributed by atoms with E-state index >= 15 is 0 Å². The maximum atomic E-state index is 9.83. The van der Waals surface area contributed by atoms with Gasteiger partial charge in [0.05, 0.1) is 0 Å². The Morgan fingerprint density at radius 1 is 1.41 bits per heavy atom. The normalized spacial score (nSPS) is 26.1. The van der Waals surface area contributed by atoms with Crippen LogP contribution in [-0.4, -0.2) is 22.6 Å². The molecule has 0 bridgehead atoms. The van der Waals surface area contributed by atoms with Crippen molar-refractivity contribution in [1.82, 2.24) is 4.90 Å². The van der Waals surface area contributed by atoms with Crippen LogP contribution in [0.5, 0.6) is 5.75 Å². The van der Waals surface area contributed by atoms with Crippen LogP contribution in [0.25, 0.3) is 0 Å². The van der Waals surface area contributed by atoms with Crippen molar-refractivity contribution in [3.63, 3.8) is 0 Å². The Labute approximate surface area is 108 Å². The Morgan fingerprint density at radius 3 is 2.94 bits per heavy atom. The Bertz CT molecular complexity index is 394. The third kappa shape index (κ3) is 2.93. The fourth-order valence-corrected chi connectivity index (χ4v) is 2.74. The molecule has 0 radical (unpaired) electrons. The summed E-state index contributed by atoms with van der Waals surface area (Å²) in [4.78, 5) is 2.43. The van der Waals surface area contributed by atoms with Crippen LogP contribution in [0.3, 0.4) is 0 Å². The van der Waals surface area contributed by atoms with Gasteiger partial charge in [-0.2, -0.15) is 0 Å². The molecule has 0 amide bonds. The number of nitrogens with zero attached hydrogens (tertiary/aromatic N) is 1. The Morgan fingerprint density at radius 2 is 2.18 bits per heavy atom. The number of rotatable bonds is 2. The maximum Gasteiger partial charge on any atom is 0.120 e. The van der Waals surface area contributed by atoms with E-state index in [0.29, 0.717) is 16.8 Å². The summed E-state index contributed by atoms with van der Waals surface area (Å²) in [7, 11) is 0. The zero-order chi connectivity index (χ0) is 12.4. The third-order valence-corrected chi connectivity index (χ3v) is 4.15. The van der Waals surface area contributed by atoms with Gasteiger partial charge < -0.3 is 5.11 Å². The second-order valence-electron chi connectivity index (χ2n) is 5.10. The van der Waals surface area contributed by atoms with E-state index in [9.17, 15) is 5.11 Å². The predicted octanol–water partition coefficient (Wildman–Crippen LogP) is 3.67. The minimum Gasteiger partial charge on any atom is -0.508 e. The molecule has 1 fully saturated rings. The number of piperidine rings is 1. The molecule has 2 nitrogen and oxygen atoms in total. The van der Waals surface area contributed by atoms with Crippen LogP contribution in [0.4, 0.5) is 0 Å². The zero-order valence-corrected chi connectivity index (χ0v) is 11.2. The molecule has 2 unspecified atom stereocenters. The van der Waals surface area contributed by atoms with E-state index in [1.54, 1.807) is 12.1 Å². The van der Waals surface area contributed by atoms with Gasteiger partial charge in [0.1, 0.15) is 5.75 Å². The van der Waals surface area contributed by atoms with Crippen LogP contribution < -0.4 is 0 Å². The van der Waals surface area contributed by atoms with E-state index in [4.69, 9.17) is 11.6 Å². The zero-order valence-electron chi connectivity index (χ0n) is 10.5. The van der Waals surface area contributed by atoms with Gasteiger partial charge >= 0.3 is 0 Å². The van der Waals surface area contributed by atoms with Crippen LogP contribution in [0.15, 0.2) is 18.2 Å². The second-order valence-corrected chi connectivity index (χ2v) is 5.54. The molecule has 94 valence electrons. The number of phenolic OH excluding ortho intramolecular Hbond substituents is 1. The lowest BCUT2D eigenvalue weighted by atomic mass is 9.91. The van der Waals surface area contributed by atoms with Gasteiger partial charge in [-0.05, 0) is 50.4 Å².